The average Bonchev–Trinajstić information content (AvgIpc) is 2.23. The van der Waals surface area contributed by atoms with Gasteiger partial charge in [-0.1, -0.05) is 0 Å². The third-order valence-electron chi connectivity index (χ3n) is 2.24. The van der Waals surface area contributed by atoms with Crippen LogP contribution in [0.15, 0.2) is 18.2 Å². The van der Waals surface area contributed by atoms with Crippen LogP contribution < -0.4 is 0 Å². The number of carbonyl (C=O) groups excluding carboxylic acids is 1. The molecule has 1 unspecified atom stereocenters. The number of Topliss-reactive ketones (excluding diaryl/α,β-unsaturated/α-hetero) is 1. The first-order chi connectivity index (χ1) is 7.54. The van der Waals surface area contributed by atoms with Crippen molar-refractivity contribution in [1.82, 2.24) is 0 Å². The van der Waals surface area contributed by atoms with Gasteiger partial charge in [-0.05, 0) is 37.6 Å². The number of benzene rings is 1. The van der Waals surface area contributed by atoms with Gasteiger partial charge in [0.2, 0.25) is 0 Å². The molecule has 0 N–H and O–H groups in total. The van der Waals surface area contributed by atoms with Crippen LogP contribution in [0.2, 0.25) is 0 Å². The van der Waals surface area contributed by atoms with Gasteiger partial charge in [0.15, 0.2) is 5.78 Å². The van der Waals surface area contributed by atoms with E-state index in [1.165, 1.54) is 0 Å². The first-order valence-electron chi connectivity index (χ1n) is 5.12. The van der Waals surface area contributed by atoms with Crippen LogP contribution in [0.3, 0.4) is 0 Å². The van der Waals surface area contributed by atoms with E-state index in [4.69, 9.17) is 4.74 Å². The zero-order chi connectivity index (χ0) is 12.1. The highest BCUT2D eigenvalue weighted by molar-refractivity contribution is 5.84. The monoisotopic (exact) mass is 228 g/mol. The Labute approximate surface area is 93.2 Å². The van der Waals surface area contributed by atoms with Crippen molar-refractivity contribution in [2.45, 2.75) is 26.4 Å². The summed E-state index contributed by atoms with van der Waals surface area (Å²) in [7, 11) is 0. The van der Waals surface area contributed by atoms with Gasteiger partial charge in [0, 0.05) is 13.0 Å². The maximum Gasteiger partial charge on any atom is 0.165 e. The molecule has 0 spiro atoms. The van der Waals surface area contributed by atoms with Crippen molar-refractivity contribution in [2.24, 2.45) is 0 Å². The van der Waals surface area contributed by atoms with Crippen molar-refractivity contribution in [2.75, 3.05) is 6.61 Å². The molecule has 0 bridgehead atoms. The Bertz CT molecular complexity index is 377. The third kappa shape index (κ3) is 3.38. The van der Waals surface area contributed by atoms with Crippen molar-refractivity contribution in [3.05, 3.63) is 35.4 Å². The Kier molecular flexibility index (Phi) is 4.55. The molecule has 0 aromatic heterocycles. The fraction of sp³-hybridized carbons (Fsp3) is 0.417. The number of hydrogen-bond acceptors (Lipinski definition) is 2. The average molecular weight is 228 g/mol. The molecule has 88 valence electrons. The Hall–Kier alpha value is -1.29. The highest BCUT2D eigenvalue weighted by atomic mass is 19.1. The Morgan fingerprint density at radius 1 is 1.44 bits per heavy atom. The van der Waals surface area contributed by atoms with Gasteiger partial charge in [0.25, 0.3) is 0 Å². The topological polar surface area (TPSA) is 26.3 Å². The minimum atomic E-state index is -0.590. The van der Waals surface area contributed by atoms with E-state index in [-0.39, 0.29) is 17.8 Å². The summed E-state index contributed by atoms with van der Waals surface area (Å²) in [6.07, 6.45) is -0.738. The molecular weight excluding hydrogens is 214 g/mol. The van der Waals surface area contributed by atoms with Crippen molar-refractivity contribution >= 4 is 5.78 Å². The second-order valence-corrected chi connectivity index (χ2v) is 3.48. The molecule has 1 atom stereocenters. The standard InChI is InChI=1S/C12H14F2O2/c1-3-16-8(2)12(15)7-9-6-10(13)4-5-11(9)14/h4-6,8H,3,7H2,1-2H3. The summed E-state index contributed by atoms with van der Waals surface area (Å²) < 4.78 is 31.1. The van der Waals surface area contributed by atoms with Crippen LogP contribution in [0, 0.1) is 11.6 Å². The summed E-state index contributed by atoms with van der Waals surface area (Å²) in [5.41, 5.74) is 0.0663. The van der Waals surface area contributed by atoms with E-state index in [1.54, 1.807) is 13.8 Å². The first-order valence-corrected chi connectivity index (χ1v) is 5.12. The molecule has 16 heavy (non-hydrogen) atoms. The minimum Gasteiger partial charge on any atom is -0.371 e. The molecule has 0 fully saturated rings. The van der Waals surface area contributed by atoms with Crippen LogP contribution >= 0.6 is 0 Å². The molecule has 0 heterocycles. The molecule has 4 heteroatoms. The van der Waals surface area contributed by atoms with Gasteiger partial charge in [-0.2, -0.15) is 0 Å². The van der Waals surface area contributed by atoms with Crippen molar-refractivity contribution < 1.29 is 18.3 Å². The quantitative estimate of drug-likeness (QED) is 0.774. The summed E-state index contributed by atoms with van der Waals surface area (Å²) >= 11 is 0. The number of ether oxygens (including phenoxy) is 1. The van der Waals surface area contributed by atoms with Gasteiger partial charge in [0.05, 0.1) is 0 Å². The lowest BCUT2D eigenvalue weighted by Crippen LogP contribution is -2.23. The van der Waals surface area contributed by atoms with Crippen LogP contribution in [0.25, 0.3) is 0 Å². The van der Waals surface area contributed by atoms with Crippen LogP contribution in [-0.4, -0.2) is 18.5 Å². The van der Waals surface area contributed by atoms with Crippen LogP contribution in [0.4, 0.5) is 8.78 Å². The largest absolute Gasteiger partial charge is 0.371 e. The summed E-state index contributed by atoms with van der Waals surface area (Å²) in [5.74, 6) is -1.38. The lowest BCUT2D eigenvalue weighted by Gasteiger charge is -2.10. The second kappa shape index (κ2) is 5.70. The maximum atomic E-state index is 13.2. The van der Waals surface area contributed by atoms with Crippen LogP contribution in [-0.2, 0) is 16.0 Å². The zero-order valence-corrected chi connectivity index (χ0v) is 9.30. The second-order valence-electron chi connectivity index (χ2n) is 3.48. The molecule has 0 amide bonds. The van der Waals surface area contributed by atoms with Crippen LogP contribution in [0.1, 0.15) is 19.4 Å². The minimum absolute atomic E-state index is 0.0663. The summed E-state index contributed by atoms with van der Waals surface area (Å²) in [5, 5.41) is 0. The fourth-order valence-corrected chi connectivity index (χ4v) is 1.35. The Morgan fingerprint density at radius 3 is 2.75 bits per heavy atom. The molecule has 0 saturated heterocycles. The number of rotatable bonds is 5. The molecule has 0 radical (unpaired) electrons. The predicted octanol–water partition coefficient (Wildman–Crippen LogP) is 2.50. The van der Waals surface area contributed by atoms with E-state index in [2.05, 4.69) is 0 Å². The molecule has 1 rings (SSSR count). The van der Waals surface area contributed by atoms with Crippen molar-refractivity contribution in [3.8, 4) is 0 Å². The molecule has 0 aliphatic rings. The maximum absolute atomic E-state index is 13.2. The molecule has 0 aliphatic carbocycles. The molecule has 0 saturated carbocycles. The molecule has 2 nitrogen and oxygen atoms in total. The number of hydrogen-bond donors (Lipinski definition) is 0. The predicted molar refractivity (Wildman–Crippen MR) is 56.2 cm³/mol. The summed E-state index contributed by atoms with van der Waals surface area (Å²) in [4.78, 5) is 11.6. The number of carbonyl (C=O) groups is 1. The van der Waals surface area contributed by atoms with Gasteiger partial charge >= 0.3 is 0 Å². The normalized spacial score (nSPS) is 12.5. The fourth-order valence-electron chi connectivity index (χ4n) is 1.35. The Morgan fingerprint density at radius 2 is 2.12 bits per heavy atom. The zero-order valence-electron chi connectivity index (χ0n) is 9.30. The highest BCUT2D eigenvalue weighted by Crippen LogP contribution is 2.12. The lowest BCUT2D eigenvalue weighted by molar-refractivity contribution is -0.128. The summed E-state index contributed by atoms with van der Waals surface area (Å²) in [6.45, 7) is 3.79. The summed E-state index contributed by atoms with van der Waals surface area (Å²) in [6, 6.07) is 3.07. The third-order valence-corrected chi connectivity index (χ3v) is 2.24. The van der Waals surface area contributed by atoms with E-state index in [1.807, 2.05) is 0 Å². The SMILES string of the molecule is CCOC(C)C(=O)Cc1cc(F)ccc1F. The van der Waals surface area contributed by atoms with Gasteiger partial charge in [0.1, 0.15) is 17.7 Å². The van der Waals surface area contributed by atoms with Crippen LogP contribution in [0.5, 0.6) is 0 Å². The molecule has 0 aliphatic heterocycles. The van der Waals surface area contributed by atoms with E-state index in [0.717, 1.165) is 18.2 Å². The van der Waals surface area contributed by atoms with E-state index < -0.39 is 17.7 Å². The number of halogens is 2. The first kappa shape index (κ1) is 12.8. The van der Waals surface area contributed by atoms with Crippen molar-refractivity contribution in [3.63, 3.8) is 0 Å². The highest BCUT2D eigenvalue weighted by Gasteiger charge is 2.15. The van der Waals surface area contributed by atoms with Crippen molar-refractivity contribution in [1.29, 1.82) is 0 Å². The lowest BCUT2D eigenvalue weighted by atomic mass is 10.1. The number of ketones is 1. The van der Waals surface area contributed by atoms with Gasteiger partial charge in [-0.3, -0.25) is 4.79 Å². The smallest absolute Gasteiger partial charge is 0.165 e. The van der Waals surface area contributed by atoms with E-state index in [9.17, 15) is 13.6 Å². The van der Waals surface area contributed by atoms with E-state index >= 15 is 0 Å². The van der Waals surface area contributed by atoms with Gasteiger partial charge < -0.3 is 4.74 Å². The molecular formula is C12H14F2O2. The van der Waals surface area contributed by atoms with E-state index in [0.29, 0.717) is 6.61 Å². The molecule has 1 aromatic carbocycles. The molecule has 1 aromatic rings. The van der Waals surface area contributed by atoms with Gasteiger partial charge in [-0.25, -0.2) is 8.78 Å². The Balaban J connectivity index is 2.72. The van der Waals surface area contributed by atoms with Gasteiger partial charge in [-0.15, -0.1) is 0 Å².